The summed E-state index contributed by atoms with van der Waals surface area (Å²) < 4.78 is -1.06. The average Bonchev–Trinajstić information content (AvgIpc) is 2.92. The van der Waals surface area contributed by atoms with Gasteiger partial charge in [-0.2, -0.15) is 0 Å². The molecule has 1 heterocycles. The maximum atomic E-state index is 12.1. The molecule has 4 N–H and O–H groups in total. The van der Waals surface area contributed by atoms with Crippen LogP contribution in [-0.2, 0) is 9.59 Å². The summed E-state index contributed by atoms with van der Waals surface area (Å²) in [5.41, 5.74) is 11.1. The zero-order valence-electron chi connectivity index (χ0n) is 12.5. The summed E-state index contributed by atoms with van der Waals surface area (Å²) in [6.45, 7) is 1.66. The number of alkyl halides is 2. The number of amides is 2. The van der Waals surface area contributed by atoms with Gasteiger partial charge in [-0.05, 0) is 25.3 Å². The summed E-state index contributed by atoms with van der Waals surface area (Å²) in [5.74, 6) is -0.704. The van der Waals surface area contributed by atoms with Crippen LogP contribution in [0.5, 0.6) is 0 Å². The van der Waals surface area contributed by atoms with Gasteiger partial charge < -0.3 is 0 Å². The zero-order valence-corrected chi connectivity index (χ0v) is 14.0. The van der Waals surface area contributed by atoms with Crippen LogP contribution in [0.3, 0.4) is 0 Å². The first-order chi connectivity index (χ1) is 10.8. The second-order valence-corrected chi connectivity index (χ2v) is 7.68. The molecule has 0 spiro atoms. The van der Waals surface area contributed by atoms with Crippen LogP contribution in [0.1, 0.15) is 31.4 Å². The first-order valence-corrected chi connectivity index (χ1v) is 8.13. The topological polar surface area (TPSA) is 82.3 Å². The highest BCUT2D eigenvalue weighted by Gasteiger charge is 2.68. The van der Waals surface area contributed by atoms with E-state index in [1.807, 2.05) is 30.3 Å². The van der Waals surface area contributed by atoms with Crippen molar-refractivity contribution in [3.63, 3.8) is 0 Å². The summed E-state index contributed by atoms with van der Waals surface area (Å²) in [7, 11) is 0. The predicted molar refractivity (Wildman–Crippen MR) is 87.3 cm³/mol. The van der Waals surface area contributed by atoms with Gasteiger partial charge in [0.25, 0.3) is 5.91 Å². The number of benzene rings is 1. The first-order valence-electron chi connectivity index (χ1n) is 7.38. The van der Waals surface area contributed by atoms with Crippen molar-refractivity contribution in [2.75, 3.05) is 0 Å². The molecule has 1 aliphatic carbocycles. The van der Waals surface area contributed by atoms with Gasteiger partial charge in [-0.1, -0.05) is 30.3 Å². The minimum absolute atomic E-state index is 0.0435. The van der Waals surface area contributed by atoms with Crippen molar-refractivity contribution < 1.29 is 9.59 Å². The minimum Gasteiger partial charge on any atom is -0.273 e. The van der Waals surface area contributed by atoms with Crippen molar-refractivity contribution in [3.05, 3.63) is 35.9 Å². The molecule has 1 saturated carbocycles. The second kappa shape index (κ2) is 5.94. The minimum atomic E-state index is -1.06. The number of nitrogens with one attached hydrogen (secondary N) is 4. The fourth-order valence-corrected chi connectivity index (χ4v) is 3.33. The Morgan fingerprint density at radius 1 is 1.17 bits per heavy atom. The summed E-state index contributed by atoms with van der Waals surface area (Å²) in [6, 6.07) is 9.44. The lowest BCUT2D eigenvalue weighted by Gasteiger charge is -2.15. The Balaban J connectivity index is 1.49. The molecule has 8 heteroatoms. The lowest BCUT2D eigenvalue weighted by Crippen LogP contribution is -2.52. The van der Waals surface area contributed by atoms with E-state index in [-0.39, 0.29) is 17.9 Å². The first kappa shape index (κ1) is 16.5. The van der Waals surface area contributed by atoms with Crippen LogP contribution in [0.15, 0.2) is 30.3 Å². The van der Waals surface area contributed by atoms with Gasteiger partial charge in [0.15, 0.2) is 0 Å². The van der Waals surface area contributed by atoms with Crippen LogP contribution < -0.4 is 21.7 Å². The molecule has 3 rings (SSSR count). The van der Waals surface area contributed by atoms with E-state index >= 15 is 0 Å². The molecule has 0 bridgehead atoms. The molecule has 2 aliphatic rings. The Bertz CT molecular complexity index is 625. The SMILES string of the molecule is CC1(C(=O)NNC(=O)C2CC(c3ccccc3)NN2)CC1(Cl)Cl. The van der Waals surface area contributed by atoms with Gasteiger partial charge in [-0.3, -0.25) is 20.4 Å². The van der Waals surface area contributed by atoms with Crippen molar-refractivity contribution in [3.8, 4) is 0 Å². The van der Waals surface area contributed by atoms with E-state index in [0.29, 0.717) is 12.8 Å². The fraction of sp³-hybridized carbons (Fsp3) is 0.467. The zero-order chi connectivity index (χ0) is 16.7. The maximum Gasteiger partial charge on any atom is 0.256 e. The largest absolute Gasteiger partial charge is 0.273 e. The molecule has 6 nitrogen and oxygen atoms in total. The third-order valence-electron chi connectivity index (χ3n) is 4.48. The van der Waals surface area contributed by atoms with E-state index in [4.69, 9.17) is 23.2 Å². The quantitative estimate of drug-likeness (QED) is 0.486. The number of carbonyl (C=O) groups excluding carboxylic acids is 2. The Labute approximate surface area is 144 Å². The molecule has 1 aliphatic heterocycles. The number of halogens is 2. The van der Waals surface area contributed by atoms with Crippen molar-refractivity contribution >= 4 is 35.0 Å². The van der Waals surface area contributed by atoms with Crippen LogP contribution in [0.25, 0.3) is 0 Å². The average molecular weight is 357 g/mol. The lowest BCUT2D eigenvalue weighted by atomic mass is 10.0. The molecule has 3 unspecified atom stereocenters. The molecule has 1 saturated heterocycles. The molecule has 23 heavy (non-hydrogen) atoms. The second-order valence-electron chi connectivity index (χ2n) is 6.20. The van der Waals surface area contributed by atoms with E-state index in [0.717, 1.165) is 5.56 Å². The molecule has 1 aromatic carbocycles. The van der Waals surface area contributed by atoms with Crippen molar-refractivity contribution in [1.29, 1.82) is 0 Å². The van der Waals surface area contributed by atoms with Crippen LogP contribution in [0.4, 0.5) is 0 Å². The van der Waals surface area contributed by atoms with E-state index in [1.165, 1.54) is 0 Å². The lowest BCUT2D eigenvalue weighted by molar-refractivity contribution is -0.132. The number of rotatable bonds is 3. The van der Waals surface area contributed by atoms with Gasteiger partial charge in [0.1, 0.15) is 10.4 Å². The predicted octanol–water partition coefficient (Wildman–Crippen LogP) is 1.33. The third kappa shape index (κ3) is 3.17. The van der Waals surface area contributed by atoms with E-state index in [2.05, 4.69) is 21.7 Å². The van der Waals surface area contributed by atoms with Crippen LogP contribution in [-0.4, -0.2) is 22.2 Å². The summed E-state index contributed by atoms with van der Waals surface area (Å²) >= 11 is 11.9. The van der Waals surface area contributed by atoms with Gasteiger partial charge in [0.05, 0.1) is 5.41 Å². The normalized spacial score (nSPS) is 31.4. The van der Waals surface area contributed by atoms with Gasteiger partial charge in [-0.25, -0.2) is 10.9 Å². The van der Waals surface area contributed by atoms with Gasteiger partial charge >= 0.3 is 0 Å². The summed E-state index contributed by atoms with van der Waals surface area (Å²) in [4.78, 5) is 24.2. The summed E-state index contributed by atoms with van der Waals surface area (Å²) in [6.07, 6.45) is 0.946. The van der Waals surface area contributed by atoms with Crippen LogP contribution >= 0.6 is 23.2 Å². The monoisotopic (exact) mass is 356 g/mol. The van der Waals surface area contributed by atoms with E-state index in [1.54, 1.807) is 6.92 Å². The standard InChI is InChI=1S/C15H18Cl2N4O2/c1-14(8-15(14,16)17)13(23)21-20-12(22)11-7-10(18-19-11)9-5-3-2-4-6-9/h2-6,10-11,18-19H,7-8H2,1H3,(H,20,22)(H,21,23). The third-order valence-corrected chi connectivity index (χ3v) is 5.58. The van der Waals surface area contributed by atoms with Crippen molar-refractivity contribution in [2.45, 2.75) is 36.2 Å². The molecule has 2 fully saturated rings. The fourth-order valence-electron chi connectivity index (χ4n) is 2.62. The molecule has 3 atom stereocenters. The van der Waals surface area contributed by atoms with Crippen molar-refractivity contribution in [2.24, 2.45) is 5.41 Å². The Hall–Kier alpha value is -1.34. The highest BCUT2D eigenvalue weighted by atomic mass is 35.5. The van der Waals surface area contributed by atoms with Gasteiger partial charge in [-0.15, -0.1) is 23.2 Å². The number of hydrazine groups is 2. The molecular weight excluding hydrogens is 339 g/mol. The molecular formula is C15H18Cl2N4O2. The van der Waals surface area contributed by atoms with Gasteiger partial charge in [0, 0.05) is 6.04 Å². The molecule has 124 valence electrons. The smallest absolute Gasteiger partial charge is 0.256 e. The van der Waals surface area contributed by atoms with Crippen LogP contribution in [0.2, 0.25) is 0 Å². The summed E-state index contributed by atoms with van der Waals surface area (Å²) in [5, 5.41) is 0. The molecule has 0 aromatic heterocycles. The number of carbonyl (C=O) groups is 2. The molecule has 1 aromatic rings. The highest BCUT2D eigenvalue weighted by molar-refractivity contribution is 6.53. The van der Waals surface area contributed by atoms with Gasteiger partial charge in [0.2, 0.25) is 5.91 Å². The molecule has 2 amide bonds. The van der Waals surface area contributed by atoms with Crippen LogP contribution in [0, 0.1) is 5.41 Å². The Kier molecular flexibility index (Phi) is 4.27. The number of hydrogen-bond donors (Lipinski definition) is 4. The Morgan fingerprint density at radius 3 is 2.43 bits per heavy atom. The molecule has 0 radical (unpaired) electrons. The number of hydrogen-bond acceptors (Lipinski definition) is 4. The maximum absolute atomic E-state index is 12.1. The van der Waals surface area contributed by atoms with E-state index in [9.17, 15) is 9.59 Å². The van der Waals surface area contributed by atoms with Crippen molar-refractivity contribution in [1.82, 2.24) is 21.7 Å². The van der Waals surface area contributed by atoms with E-state index < -0.39 is 15.8 Å². The highest BCUT2D eigenvalue weighted by Crippen LogP contribution is 2.63. The Morgan fingerprint density at radius 2 is 1.83 bits per heavy atom.